The van der Waals surface area contributed by atoms with Gasteiger partial charge in [0.25, 0.3) is 0 Å². The number of nitrogens with one attached hydrogen (secondary N) is 1. The molecule has 2 N–H and O–H groups in total. The summed E-state index contributed by atoms with van der Waals surface area (Å²) in [6, 6.07) is 2.38. The van der Waals surface area contributed by atoms with Crippen molar-refractivity contribution in [2.45, 2.75) is 31.7 Å². The first-order valence-electron chi connectivity index (χ1n) is 6.32. The van der Waals surface area contributed by atoms with E-state index < -0.39 is 16.0 Å². The first-order valence-corrected chi connectivity index (χ1v) is 9.75. The van der Waals surface area contributed by atoms with Gasteiger partial charge in [0.1, 0.15) is 0 Å². The van der Waals surface area contributed by atoms with E-state index in [4.69, 9.17) is 5.11 Å². The van der Waals surface area contributed by atoms with Gasteiger partial charge in [0, 0.05) is 16.3 Å². The van der Waals surface area contributed by atoms with E-state index in [9.17, 15) is 13.2 Å². The first-order chi connectivity index (χ1) is 9.69. The van der Waals surface area contributed by atoms with Crippen molar-refractivity contribution in [2.24, 2.45) is 0 Å². The fourth-order valence-corrected chi connectivity index (χ4v) is 4.38. The Bertz CT molecular complexity index is 631. The minimum absolute atomic E-state index is 0.0275. The summed E-state index contributed by atoms with van der Waals surface area (Å²) >= 11 is 4.84. The van der Waals surface area contributed by atoms with E-state index in [0.29, 0.717) is 15.8 Å². The highest BCUT2D eigenvalue weighted by Gasteiger charge is 2.21. The van der Waals surface area contributed by atoms with Crippen LogP contribution in [-0.4, -0.2) is 37.0 Å². The normalized spacial score (nSPS) is 13.1. The quantitative estimate of drug-likeness (QED) is 0.741. The molecule has 0 aliphatic heterocycles. The average Bonchev–Trinajstić information content (AvgIpc) is 2.38. The minimum Gasteiger partial charge on any atom is -0.478 e. The summed E-state index contributed by atoms with van der Waals surface area (Å²) in [5.74, 6) is 0.416. The van der Waals surface area contributed by atoms with Crippen LogP contribution in [0.15, 0.2) is 21.5 Å². The molecule has 1 rings (SSSR count). The molecule has 118 valence electrons. The lowest BCUT2D eigenvalue weighted by molar-refractivity contribution is 0.0695. The maximum atomic E-state index is 12.3. The van der Waals surface area contributed by atoms with E-state index in [1.54, 1.807) is 25.6 Å². The molecule has 1 unspecified atom stereocenters. The third kappa shape index (κ3) is 4.98. The second-order valence-corrected chi connectivity index (χ2v) is 8.45. The van der Waals surface area contributed by atoms with E-state index in [2.05, 4.69) is 20.7 Å². The van der Waals surface area contributed by atoms with Gasteiger partial charge in [-0.25, -0.2) is 17.9 Å². The van der Waals surface area contributed by atoms with Gasteiger partial charge in [-0.05, 0) is 37.3 Å². The van der Waals surface area contributed by atoms with Crippen molar-refractivity contribution in [3.63, 3.8) is 0 Å². The summed E-state index contributed by atoms with van der Waals surface area (Å²) in [6.45, 7) is 5.40. The van der Waals surface area contributed by atoms with Crippen molar-refractivity contribution in [1.82, 2.24) is 4.72 Å². The molecule has 0 saturated heterocycles. The van der Waals surface area contributed by atoms with Crippen molar-refractivity contribution >= 4 is 43.7 Å². The Morgan fingerprint density at radius 1 is 1.48 bits per heavy atom. The van der Waals surface area contributed by atoms with Crippen LogP contribution in [0, 0.1) is 6.92 Å². The fraction of sp³-hybridized carbons (Fsp3) is 0.462. The molecular weight excluding hydrogens is 378 g/mol. The van der Waals surface area contributed by atoms with Gasteiger partial charge in [-0.1, -0.05) is 22.9 Å². The molecule has 1 atom stereocenters. The van der Waals surface area contributed by atoms with E-state index in [1.165, 1.54) is 12.1 Å². The zero-order chi connectivity index (χ0) is 16.2. The number of carboxylic acids is 1. The zero-order valence-electron chi connectivity index (χ0n) is 12.0. The van der Waals surface area contributed by atoms with Crippen molar-refractivity contribution in [3.8, 4) is 0 Å². The number of sulfonamides is 1. The van der Waals surface area contributed by atoms with Crippen LogP contribution in [0.5, 0.6) is 0 Å². The smallest absolute Gasteiger partial charge is 0.336 e. The molecule has 0 spiro atoms. The highest BCUT2D eigenvalue weighted by Crippen LogP contribution is 2.25. The fourth-order valence-electron chi connectivity index (χ4n) is 1.69. The molecule has 0 saturated carbocycles. The molecule has 0 heterocycles. The standard InChI is InChI=1S/C13H18BrNO4S2/c1-4-20-7-8(2)15-21(18,19)10-5-11(13(16)17)9(3)12(14)6-10/h5-6,8,15H,4,7H2,1-3H3,(H,16,17). The summed E-state index contributed by atoms with van der Waals surface area (Å²) in [6.07, 6.45) is 0. The molecular formula is C13H18BrNO4S2. The molecule has 0 bridgehead atoms. The Morgan fingerprint density at radius 2 is 2.10 bits per heavy atom. The largest absolute Gasteiger partial charge is 0.478 e. The zero-order valence-corrected chi connectivity index (χ0v) is 15.2. The van der Waals surface area contributed by atoms with Crippen LogP contribution in [0.2, 0.25) is 0 Å². The lowest BCUT2D eigenvalue weighted by atomic mass is 10.1. The summed E-state index contributed by atoms with van der Waals surface area (Å²) < 4.78 is 27.6. The molecule has 0 fully saturated rings. The van der Waals surface area contributed by atoms with Gasteiger partial charge in [-0.3, -0.25) is 0 Å². The third-order valence-electron chi connectivity index (χ3n) is 2.79. The number of thioether (sulfide) groups is 1. The van der Waals surface area contributed by atoms with Gasteiger partial charge in [-0.2, -0.15) is 11.8 Å². The number of carbonyl (C=O) groups is 1. The predicted octanol–water partition coefficient (Wildman–Crippen LogP) is 2.88. The van der Waals surface area contributed by atoms with Gasteiger partial charge >= 0.3 is 5.97 Å². The SMILES string of the molecule is CCSCC(C)NS(=O)(=O)c1cc(Br)c(C)c(C(=O)O)c1. The van der Waals surface area contributed by atoms with Crippen LogP contribution in [0.1, 0.15) is 29.8 Å². The van der Waals surface area contributed by atoms with Crippen molar-refractivity contribution in [2.75, 3.05) is 11.5 Å². The number of aromatic carboxylic acids is 1. The average molecular weight is 396 g/mol. The summed E-state index contributed by atoms with van der Waals surface area (Å²) in [5.41, 5.74) is 0.469. The Balaban J connectivity index is 3.12. The number of benzene rings is 1. The van der Waals surface area contributed by atoms with Crippen molar-refractivity contribution in [1.29, 1.82) is 0 Å². The van der Waals surface area contributed by atoms with E-state index >= 15 is 0 Å². The van der Waals surface area contributed by atoms with Crippen LogP contribution in [0.3, 0.4) is 0 Å². The first kappa shape index (κ1) is 18.5. The van der Waals surface area contributed by atoms with Gasteiger partial charge in [0.2, 0.25) is 10.0 Å². The van der Waals surface area contributed by atoms with Crippen LogP contribution in [-0.2, 0) is 10.0 Å². The molecule has 0 aliphatic rings. The van der Waals surface area contributed by atoms with Crippen LogP contribution in [0.4, 0.5) is 0 Å². The number of hydrogen-bond acceptors (Lipinski definition) is 4. The van der Waals surface area contributed by atoms with E-state index in [-0.39, 0.29) is 16.5 Å². The highest BCUT2D eigenvalue weighted by molar-refractivity contribution is 9.10. The molecule has 8 heteroatoms. The second kappa shape index (κ2) is 7.62. The van der Waals surface area contributed by atoms with E-state index in [0.717, 1.165) is 5.75 Å². The van der Waals surface area contributed by atoms with Crippen LogP contribution in [0.25, 0.3) is 0 Å². The Hall–Kier alpha value is -0.570. The minimum atomic E-state index is -3.74. The van der Waals surface area contributed by atoms with Crippen molar-refractivity contribution < 1.29 is 18.3 Å². The lowest BCUT2D eigenvalue weighted by Gasteiger charge is -2.15. The van der Waals surface area contributed by atoms with Gasteiger partial charge in [0.05, 0.1) is 10.5 Å². The Morgan fingerprint density at radius 3 is 2.62 bits per heavy atom. The van der Waals surface area contributed by atoms with Crippen LogP contribution < -0.4 is 4.72 Å². The van der Waals surface area contributed by atoms with E-state index in [1.807, 2.05) is 6.92 Å². The van der Waals surface area contributed by atoms with Crippen LogP contribution >= 0.6 is 27.7 Å². The molecule has 1 aromatic rings. The number of rotatable bonds is 7. The summed E-state index contributed by atoms with van der Waals surface area (Å²) in [7, 11) is -3.74. The molecule has 21 heavy (non-hydrogen) atoms. The Labute approximate surface area is 137 Å². The monoisotopic (exact) mass is 395 g/mol. The Kier molecular flexibility index (Phi) is 6.71. The molecule has 1 aromatic carbocycles. The summed E-state index contributed by atoms with van der Waals surface area (Å²) in [5, 5.41) is 9.14. The molecule has 0 amide bonds. The maximum Gasteiger partial charge on any atom is 0.336 e. The highest BCUT2D eigenvalue weighted by atomic mass is 79.9. The van der Waals surface area contributed by atoms with Crippen molar-refractivity contribution in [3.05, 3.63) is 27.7 Å². The second-order valence-electron chi connectivity index (χ2n) is 4.56. The molecule has 5 nitrogen and oxygen atoms in total. The number of halogens is 1. The van der Waals surface area contributed by atoms with Gasteiger partial charge in [0.15, 0.2) is 0 Å². The molecule has 0 aliphatic carbocycles. The molecule has 0 aromatic heterocycles. The topological polar surface area (TPSA) is 83.5 Å². The third-order valence-corrected chi connectivity index (χ3v) is 6.32. The van der Waals surface area contributed by atoms with Gasteiger partial charge < -0.3 is 5.11 Å². The van der Waals surface area contributed by atoms with Gasteiger partial charge in [-0.15, -0.1) is 0 Å². The maximum absolute atomic E-state index is 12.3. The number of hydrogen-bond donors (Lipinski definition) is 2. The molecule has 0 radical (unpaired) electrons. The summed E-state index contributed by atoms with van der Waals surface area (Å²) in [4.78, 5) is 11.1. The lowest BCUT2D eigenvalue weighted by Crippen LogP contribution is -2.34. The predicted molar refractivity (Wildman–Crippen MR) is 88.6 cm³/mol. The number of carboxylic acid groups (broad SMARTS) is 1.